The molecule has 1 atom stereocenters. The normalized spacial score (nSPS) is 19.0. The molecule has 0 spiro atoms. The summed E-state index contributed by atoms with van der Waals surface area (Å²) in [6.07, 6.45) is 2.10. The molecule has 0 aromatic heterocycles. The van der Waals surface area contributed by atoms with Crippen LogP contribution in [0.15, 0.2) is 48.5 Å². The Kier molecular flexibility index (Phi) is 6.13. The summed E-state index contributed by atoms with van der Waals surface area (Å²) in [6, 6.07) is 14.0. The second kappa shape index (κ2) is 9.13. The number of carbonyl (C=O) groups excluding carboxylic acids is 1. The van der Waals surface area contributed by atoms with Crippen molar-refractivity contribution in [3.63, 3.8) is 0 Å². The van der Waals surface area contributed by atoms with Gasteiger partial charge in [0.2, 0.25) is 0 Å². The molecule has 2 fully saturated rings. The number of rotatable bonds is 6. The predicted octanol–water partition coefficient (Wildman–Crippen LogP) is 3.12. The molecule has 0 bridgehead atoms. The van der Waals surface area contributed by atoms with Crippen molar-refractivity contribution in [1.82, 2.24) is 4.90 Å². The third-order valence-corrected chi connectivity index (χ3v) is 5.55. The second-order valence-electron chi connectivity index (χ2n) is 7.47. The van der Waals surface area contributed by atoms with Crippen molar-refractivity contribution < 1.29 is 19.2 Å². The zero-order valence-corrected chi connectivity index (χ0v) is 16.7. The van der Waals surface area contributed by atoms with Crippen LogP contribution in [0, 0.1) is 10.1 Å². The molecule has 2 aromatic rings. The van der Waals surface area contributed by atoms with Crippen LogP contribution in [0.25, 0.3) is 0 Å². The Morgan fingerprint density at radius 1 is 1.10 bits per heavy atom. The van der Waals surface area contributed by atoms with Gasteiger partial charge in [0.25, 0.3) is 11.6 Å². The van der Waals surface area contributed by atoms with Gasteiger partial charge >= 0.3 is 0 Å². The van der Waals surface area contributed by atoms with Crippen molar-refractivity contribution in [2.24, 2.45) is 0 Å². The van der Waals surface area contributed by atoms with E-state index < -0.39 is 0 Å². The quantitative estimate of drug-likeness (QED) is 0.536. The van der Waals surface area contributed by atoms with Gasteiger partial charge in [0.15, 0.2) is 0 Å². The van der Waals surface area contributed by atoms with E-state index in [-0.39, 0.29) is 22.6 Å². The lowest BCUT2D eigenvalue weighted by molar-refractivity contribution is -0.384. The fraction of sp³-hybridized carbons (Fsp3) is 0.409. The maximum atomic E-state index is 13.1. The molecule has 0 N–H and O–H groups in total. The molecular formula is C22H25N3O5. The van der Waals surface area contributed by atoms with E-state index in [1.54, 1.807) is 29.2 Å². The summed E-state index contributed by atoms with van der Waals surface area (Å²) in [5.41, 5.74) is 1.22. The molecule has 0 aliphatic carbocycles. The number of hydrogen-bond donors (Lipinski definition) is 0. The maximum Gasteiger partial charge on any atom is 0.292 e. The van der Waals surface area contributed by atoms with E-state index in [2.05, 4.69) is 0 Å². The van der Waals surface area contributed by atoms with Crippen LogP contribution in [0.5, 0.6) is 5.75 Å². The first-order valence-corrected chi connectivity index (χ1v) is 10.2. The molecule has 0 radical (unpaired) electrons. The maximum absolute atomic E-state index is 13.1. The lowest BCUT2D eigenvalue weighted by atomic mass is 10.1. The van der Waals surface area contributed by atoms with Crippen molar-refractivity contribution >= 4 is 17.3 Å². The van der Waals surface area contributed by atoms with Crippen molar-refractivity contribution in [3.05, 3.63) is 64.2 Å². The zero-order valence-electron chi connectivity index (χ0n) is 16.7. The van der Waals surface area contributed by atoms with E-state index >= 15 is 0 Å². The Balaban J connectivity index is 1.41. The highest BCUT2D eigenvalue weighted by Crippen LogP contribution is 2.29. The van der Waals surface area contributed by atoms with E-state index in [0.717, 1.165) is 19.4 Å². The highest BCUT2D eigenvalue weighted by atomic mass is 16.6. The molecule has 8 heteroatoms. The Morgan fingerprint density at radius 2 is 1.83 bits per heavy atom. The molecule has 30 heavy (non-hydrogen) atoms. The minimum atomic E-state index is -0.367. The summed E-state index contributed by atoms with van der Waals surface area (Å²) >= 11 is 0. The van der Waals surface area contributed by atoms with Crippen LogP contribution in [0.3, 0.4) is 0 Å². The smallest absolute Gasteiger partial charge is 0.292 e. The Morgan fingerprint density at radius 3 is 2.57 bits per heavy atom. The lowest BCUT2D eigenvalue weighted by Gasteiger charge is -2.36. The number of nitrogens with zero attached hydrogens (tertiary/aromatic N) is 3. The predicted molar refractivity (Wildman–Crippen MR) is 112 cm³/mol. The summed E-state index contributed by atoms with van der Waals surface area (Å²) in [7, 11) is 0. The Bertz CT molecular complexity index is 905. The van der Waals surface area contributed by atoms with Gasteiger partial charge in [-0.2, -0.15) is 0 Å². The van der Waals surface area contributed by atoms with E-state index in [1.165, 1.54) is 6.07 Å². The number of carbonyl (C=O) groups is 1. The van der Waals surface area contributed by atoms with Gasteiger partial charge in [-0.25, -0.2) is 0 Å². The minimum absolute atomic E-state index is 0.0818. The summed E-state index contributed by atoms with van der Waals surface area (Å²) in [6.45, 7) is 3.26. The SMILES string of the molecule is O=C(c1ccccc1OCC1CCCO1)N1CCN(c2ccccc2[N+](=O)[O-])CC1. The summed E-state index contributed by atoms with van der Waals surface area (Å²) in [5, 5.41) is 11.3. The number of amides is 1. The van der Waals surface area contributed by atoms with E-state index in [4.69, 9.17) is 9.47 Å². The van der Waals surface area contributed by atoms with E-state index in [1.807, 2.05) is 23.1 Å². The highest BCUT2D eigenvalue weighted by molar-refractivity contribution is 5.97. The minimum Gasteiger partial charge on any atom is -0.490 e. The number of piperazine rings is 1. The molecule has 2 aromatic carbocycles. The average Bonchev–Trinajstić information content (AvgIpc) is 3.31. The summed E-state index contributed by atoms with van der Waals surface area (Å²) in [5.74, 6) is 0.485. The number of nitro groups is 1. The van der Waals surface area contributed by atoms with Gasteiger partial charge in [0.05, 0.1) is 16.6 Å². The van der Waals surface area contributed by atoms with Crippen LogP contribution in [-0.2, 0) is 4.74 Å². The van der Waals surface area contributed by atoms with Gasteiger partial charge in [-0.05, 0) is 31.0 Å². The van der Waals surface area contributed by atoms with Gasteiger partial charge in [0.1, 0.15) is 18.0 Å². The third kappa shape index (κ3) is 4.38. The average molecular weight is 411 g/mol. The zero-order chi connectivity index (χ0) is 20.9. The Labute approximate surface area is 175 Å². The molecule has 2 aliphatic rings. The van der Waals surface area contributed by atoms with Gasteiger partial charge in [-0.15, -0.1) is 0 Å². The number of benzene rings is 2. The molecule has 4 rings (SSSR count). The van der Waals surface area contributed by atoms with E-state index in [0.29, 0.717) is 49.8 Å². The Hall–Kier alpha value is -3.13. The second-order valence-corrected chi connectivity index (χ2v) is 7.47. The largest absolute Gasteiger partial charge is 0.490 e. The monoisotopic (exact) mass is 411 g/mol. The van der Waals surface area contributed by atoms with Crippen LogP contribution >= 0.6 is 0 Å². The topological polar surface area (TPSA) is 85.2 Å². The van der Waals surface area contributed by atoms with Gasteiger partial charge in [-0.1, -0.05) is 24.3 Å². The molecule has 2 saturated heterocycles. The van der Waals surface area contributed by atoms with Crippen LogP contribution < -0.4 is 9.64 Å². The lowest BCUT2D eigenvalue weighted by Crippen LogP contribution is -2.49. The van der Waals surface area contributed by atoms with Gasteiger partial charge in [0, 0.05) is 38.9 Å². The van der Waals surface area contributed by atoms with Crippen LogP contribution in [0.1, 0.15) is 23.2 Å². The first-order valence-electron chi connectivity index (χ1n) is 10.2. The van der Waals surface area contributed by atoms with Gasteiger partial charge < -0.3 is 19.3 Å². The number of hydrogen-bond acceptors (Lipinski definition) is 6. The van der Waals surface area contributed by atoms with Crippen LogP contribution in [0.4, 0.5) is 11.4 Å². The standard InChI is InChI=1S/C22H25N3O5/c26-22(18-7-1-4-10-21(18)30-16-17-6-5-15-29-17)24-13-11-23(12-14-24)19-8-2-3-9-20(19)25(27)28/h1-4,7-10,17H,5-6,11-16H2. The molecule has 2 heterocycles. The summed E-state index contributed by atoms with van der Waals surface area (Å²) < 4.78 is 11.5. The summed E-state index contributed by atoms with van der Waals surface area (Å²) in [4.78, 5) is 27.8. The molecule has 1 unspecified atom stereocenters. The van der Waals surface area contributed by atoms with Crippen LogP contribution in [-0.4, -0.2) is 61.2 Å². The number of ether oxygens (including phenoxy) is 2. The van der Waals surface area contributed by atoms with E-state index in [9.17, 15) is 14.9 Å². The van der Waals surface area contributed by atoms with Crippen molar-refractivity contribution in [2.45, 2.75) is 18.9 Å². The first-order chi connectivity index (χ1) is 14.6. The molecular weight excluding hydrogens is 386 g/mol. The first kappa shape index (κ1) is 20.2. The van der Waals surface area contributed by atoms with Crippen molar-refractivity contribution in [1.29, 1.82) is 0 Å². The number of anilines is 1. The highest BCUT2D eigenvalue weighted by Gasteiger charge is 2.27. The molecule has 158 valence electrons. The van der Waals surface area contributed by atoms with Crippen LogP contribution in [0.2, 0.25) is 0 Å². The number of para-hydroxylation sites is 3. The molecule has 2 aliphatic heterocycles. The molecule has 0 saturated carbocycles. The molecule has 1 amide bonds. The van der Waals surface area contributed by atoms with Crippen molar-refractivity contribution in [3.8, 4) is 5.75 Å². The fourth-order valence-electron chi connectivity index (χ4n) is 3.93. The van der Waals surface area contributed by atoms with Crippen molar-refractivity contribution in [2.75, 3.05) is 44.3 Å². The fourth-order valence-corrected chi connectivity index (χ4v) is 3.93. The molecule has 8 nitrogen and oxygen atoms in total. The number of nitro benzene ring substituents is 1. The van der Waals surface area contributed by atoms with Gasteiger partial charge in [-0.3, -0.25) is 14.9 Å². The third-order valence-electron chi connectivity index (χ3n) is 5.55.